The van der Waals surface area contributed by atoms with Crippen molar-refractivity contribution in [1.29, 1.82) is 0 Å². The summed E-state index contributed by atoms with van der Waals surface area (Å²) in [5, 5.41) is 3.17. The first-order chi connectivity index (χ1) is 10.0. The molecule has 7 heteroatoms. The Morgan fingerprint density at radius 2 is 2.38 bits per heavy atom. The molecule has 0 spiro atoms. The zero-order chi connectivity index (χ0) is 15.4. The first kappa shape index (κ1) is 16.2. The largest absolute Gasteiger partial charge is 0.468 e. The maximum absolute atomic E-state index is 13.6. The van der Waals surface area contributed by atoms with E-state index >= 15 is 0 Å². The fourth-order valence-electron chi connectivity index (χ4n) is 2.31. The molecule has 1 aromatic rings. The summed E-state index contributed by atoms with van der Waals surface area (Å²) in [5.41, 5.74) is 6.67. The van der Waals surface area contributed by atoms with E-state index in [0.717, 1.165) is 6.54 Å². The minimum Gasteiger partial charge on any atom is -0.468 e. The molecule has 0 radical (unpaired) electrons. The zero-order valence-electron chi connectivity index (χ0n) is 12.0. The van der Waals surface area contributed by atoms with Crippen LogP contribution in [0.2, 0.25) is 5.02 Å². The predicted octanol–water partition coefficient (Wildman–Crippen LogP) is 1.40. The highest BCUT2D eigenvalue weighted by atomic mass is 35.5. The van der Waals surface area contributed by atoms with Crippen molar-refractivity contribution in [2.75, 3.05) is 20.2 Å². The van der Waals surface area contributed by atoms with Crippen molar-refractivity contribution < 1.29 is 13.9 Å². The zero-order valence-corrected chi connectivity index (χ0v) is 12.7. The van der Waals surface area contributed by atoms with E-state index in [-0.39, 0.29) is 11.1 Å². The number of rotatable bonds is 5. The molecule has 1 fully saturated rings. The lowest BCUT2D eigenvalue weighted by molar-refractivity contribution is -0.143. The van der Waals surface area contributed by atoms with E-state index in [0.29, 0.717) is 18.0 Å². The van der Waals surface area contributed by atoms with Crippen LogP contribution in [0.4, 0.5) is 4.39 Å². The Bertz CT molecular complexity index is 515. The van der Waals surface area contributed by atoms with Gasteiger partial charge < -0.3 is 10.1 Å². The molecule has 3 unspecified atom stereocenters. The third-order valence-electron chi connectivity index (χ3n) is 3.70. The molecule has 0 aliphatic carbocycles. The van der Waals surface area contributed by atoms with E-state index < -0.39 is 17.8 Å². The molecular weight excluding hydrogens is 297 g/mol. The lowest BCUT2D eigenvalue weighted by Gasteiger charge is -2.21. The number of benzene rings is 1. The van der Waals surface area contributed by atoms with E-state index in [9.17, 15) is 9.18 Å². The molecule has 116 valence electrons. The van der Waals surface area contributed by atoms with Crippen LogP contribution in [-0.4, -0.2) is 32.2 Å². The molecule has 1 heterocycles. The van der Waals surface area contributed by atoms with Crippen LogP contribution in [0, 0.1) is 11.7 Å². The highest BCUT2D eigenvalue weighted by Crippen LogP contribution is 2.21. The molecule has 1 saturated heterocycles. The van der Waals surface area contributed by atoms with E-state index in [1.165, 1.54) is 19.2 Å². The van der Waals surface area contributed by atoms with Crippen LogP contribution in [-0.2, 0) is 9.53 Å². The molecule has 3 N–H and O–H groups in total. The van der Waals surface area contributed by atoms with Crippen molar-refractivity contribution in [3.63, 3.8) is 0 Å². The minimum absolute atomic E-state index is 0.0279. The van der Waals surface area contributed by atoms with Gasteiger partial charge in [-0.05, 0) is 24.6 Å². The van der Waals surface area contributed by atoms with E-state index in [1.807, 2.05) is 0 Å². The predicted molar refractivity (Wildman–Crippen MR) is 78.3 cm³/mol. The Labute approximate surface area is 128 Å². The first-order valence-electron chi connectivity index (χ1n) is 6.77. The monoisotopic (exact) mass is 315 g/mol. The lowest BCUT2D eigenvalue weighted by atomic mass is 10.0. The van der Waals surface area contributed by atoms with Gasteiger partial charge in [-0.3, -0.25) is 10.9 Å². The summed E-state index contributed by atoms with van der Waals surface area (Å²) in [5.74, 6) is -0.681. The number of carbonyl (C=O) groups is 1. The summed E-state index contributed by atoms with van der Waals surface area (Å²) < 4.78 is 18.4. The van der Waals surface area contributed by atoms with E-state index in [2.05, 4.69) is 23.1 Å². The molecule has 3 atom stereocenters. The Hall–Kier alpha value is -1.21. The smallest absolute Gasteiger partial charge is 0.327 e. The minimum atomic E-state index is -0.713. The van der Waals surface area contributed by atoms with Gasteiger partial charge in [0.25, 0.3) is 0 Å². The van der Waals surface area contributed by atoms with Gasteiger partial charge in [0.05, 0.1) is 12.1 Å². The standard InChI is InChI=1S/C14H19ClFN3O2/c1-8-10(7-18-19-8)6-17-13(14(20)21-2)9-3-4-11(15)12(16)5-9/h3-5,8,10,13,17-19H,6-7H2,1-2H3. The summed E-state index contributed by atoms with van der Waals surface area (Å²) in [4.78, 5) is 11.9. The van der Waals surface area contributed by atoms with Crippen LogP contribution in [0.1, 0.15) is 18.5 Å². The van der Waals surface area contributed by atoms with Gasteiger partial charge in [0, 0.05) is 25.0 Å². The topological polar surface area (TPSA) is 62.4 Å². The van der Waals surface area contributed by atoms with Crippen molar-refractivity contribution in [2.24, 2.45) is 5.92 Å². The number of hydrazine groups is 1. The van der Waals surface area contributed by atoms with Gasteiger partial charge in [0.1, 0.15) is 11.9 Å². The third kappa shape index (κ3) is 3.91. The van der Waals surface area contributed by atoms with Crippen molar-refractivity contribution in [3.05, 3.63) is 34.6 Å². The summed E-state index contributed by atoms with van der Waals surface area (Å²) in [6.07, 6.45) is 0. The van der Waals surface area contributed by atoms with Crippen molar-refractivity contribution in [1.82, 2.24) is 16.2 Å². The number of methoxy groups -OCH3 is 1. The maximum atomic E-state index is 13.6. The fraction of sp³-hybridized carbons (Fsp3) is 0.500. The van der Waals surface area contributed by atoms with Gasteiger partial charge in [-0.2, -0.15) is 0 Å². The van der Waals surface area contributed by atoms with Crippen LogP contribution >= 0.6 is 11.6 Å². The van der Waals surface area contributed by atoms with Gasteiger partial charge >= 0.3 is 5.97 Å². The molecule has 2 rings (SSSR count). The number of hydrogen-bond acceptors (Lipinski definition) is 5. The number of halogens is 2. The quantitative estimate of drug-likeness (QED) is 0.717. The van der Waals surface area contributed by atoms with Crippen LogP contribution < -0.4 is 16.2 Å². The molecule has 1 aliphatic rings. The second-order valence-electron chi connectivity index (χ2n) is 5.11. The molecule has 0 amide bonds. The molecule has 5 nitrogen and oxygen atoms in total. The molecular formula is C14H19ClFN3O2. The summed E-state index contributed by atoms with van der Waals surface area (Å²) in [6, 6.07) is 3.89. The van der Waals surface area contributed by atoms with E-state index in [1.54, 1.807) is 6.07 Å². The van der Waals surface area contributed by atoms with Gasteiger partial charge in [-0.15, -0.1) is 0 Å². The molecule has 1 aromatic carbocycles. The summed E-state index contributed by atoms with van der Waals surface area (Å²) in [7, 11) is 1.31. The number of esters is 1. The SMILES string of the molecule is COC(=O)C(NCC1CNNC1C)c1ccc(Cl)c(F)c1. The molecule has 0 saturated carbocycles. The number of nitrogens with one attached hydrogen (secondary N) is 3. The Kier molecular flexibility index (Phi) is 5.52. The number of ether oxygens (including phenoxy) is 1. The van der Waals surface area contributed by atoms with E-state index in [4.69, 9.17) is 16.3 Å². The average Bonchev–Trinajstić information content (AvgIpc) is 2.88. The molecule has 21 heavy (non-hydrogen) atoms. The molecule has 0 bridgehead atoms. The third-order valence-corrected chi connectivity index (χ3v) is 4.01. The second kappa shape index (κ2) is 7.17. The summed E-state index contributed by atoms with van der Waals surface area (Å²) >= 11 is 5.67. The second-order valence-corrected chi connectivity index (χ2v) is 5.52. The average molecular weight is 316 g/mol. The lowest BCUT2D eigenvalue weighted by Crippen LogP contribution is -2.37. The highest BCUT2D eigenvalue weighted by molar-refractivity contribution is 6.30. The van der Waals surface area contributed by atoms with Gasteiger partial charge in [0.2, 0.25) is 0 Å². The van der Waals surface area contributed by atoms with Crippen molar-refractivity contribution >= 4 is 17.6 Å². The summed E-state index contributed by atoms with van der Waals surface area (Å²) in [6.45, 7) is 3.46. The van der Waals surface area contributed by atoms with Gasteiger partial charge in [0.15, 0.2) is 0 Å². The van der Waals surface area contributed by atoms with Gasteiger partial charge in [-0.25, -0.2) is 9.18 Å². The van der Waals surface area contributed by atoms with Crippen LogP contribution in [0.3, 0.4) is 0 Å². The Morgan fingerprint density at radius 3 is 2.95 bits per heavy atom. The maximum Gasteiger partial charge on any atom is 0.327 e. The number of hydrogen-bond donors (Lipinski definition) is 3. The Morgan fingerprint density at radius 1 is 1.62 bits per heavy atom. The van der Waals surface area contributed by atoms with Crippen LogP contribution in [0.15, 0.2) is 18.2 Å². The fourth-order valence-corrected chi connectivity index (χ4v) is 2.43. The molecule has 0 aromatic heterocycles. The van der Waals surface area contributed by atoms with Crippen molar-refractivity contribution in [2.45, 2.75) is 19.0 Å². The van der Waals surface area contributed by atoms with Crippen LogP contribution in [0.25, 0.3) is 0 Å². The van der Waals surface area contributed by atoms with Crippen LogP contribution in [0.5, 0.6) is 0 Å². The first-order valence-corrected chi connectivity index (χ1v) is 7.15. The number of carbonyl (C=O) groups excluding carboxylic acids is 1. The van der Waals surface area contributed by atoms with Crippen molar-refractivity contribution in [3.8, 4) is 0 Å². The molecule has 1 aliphatic heterocycles. The normalized spacial score (nSPS) is 23.0. The van der Waals surface area contributed by atoms with Gasteiger partial charge in [-0.1, -0.05) is 17.7 Å². The Balaban J connectivity index is 2.10. The highest BCUT2D eigenvalue weighted by Gasteiger charge is 2.27.